The number of esters is 1. The molecule has 9 heteroatoms. The smallest absolute Gasteiger partial charge is 0.326 e. The van der Waals surface area contributed by atoms with Gasteiger partial charge in [-0.3, -0.25) is 19.3 Å². The van der Waals surface area contributed by atoms with Gasteiger partial charge in [-0.1, -0.05) is 24.3 Å². The van der Waals surface area contributed by atoms with Gasteiger partial charge in [0.05, 0.1) is 22.2 Å². The molecule has 1 aliphatic rings. The number of nitrogens with one attached hydrogen (secondary N) is 1. The third kappa shape index (κ3) is 3.27. The minimum absolute atomic E-state index is 0.132. The van der Waals surface area contributed by atoms with Gasteiger partial charge in [-0.25, -0.2) is 4.98 Å². The molecule has 0 bridgehead atoms. The van der Waals surface area contributed by atoms with E-state index in [1.807, 2.05) is 6.07 Å². The number of nitriles is 1. The Bertz CT molecular complexity index is 1200. The lowest BCUT2D eigenvalue weighted by Gasteiger charge is -2.13. The summed E-state index contributed by atoms with van der Waals surface area (Å²) in [5.74, 6) is -2.46. The molecule has 0 fully saturated rings. The van der Waals surface area contributed by atoms with Gasteiger partial charge in [0, 0.05) is 0 Å². The summed E-state index contributed by atoms with van der Waals surface area (Å²) >= 11 is 0. The number of benzene rings is 2. The van der Waals surface area contributed by atoms with E-state index in [9.17, 15) is 24.8 Å². The number of hydrogen-bond acceptors (Lipinski definition) is 7. The van der Waals surface area contributed by atoms with E-state index in [2.05, 4.69) is 9.97 Å². The topological polar surface area (TPSA) is 136 Å². The van der Waals surface area contributed by atoms with Gasteiger partial charge >= 0.3 is 5.97 Å². The zero-order valence-electron chi connectivity index (χ0n) is 15.5. The van der Waals surface area contributed by atoms with Crippen molar-refractivity contribution in [2.75, 3.05) is 13.2 Å². The molecule has 1 aliphatic heterocycles. The molecule has 0 aliphatic carbocycles. The summed E-state index contributed by atoms with van der Waals surface area (Å²) in [5, 5.41) is 19.6. The highest BCUT2D eigenvalue weighted by atomic mass is 16.5. The van der Waals surface area contributed by atoms with E-state index in [1.54, 1.807) is 36.4 Å². The fraction of sp³-hybridized carbons (Fsp3) is 0.0952. The van der Waals surface area contributed by atoms with E-state index in [4.69, 9.17) is 4.74 Å². The van der Waals surface area contributed by atoms with E-state index in [0.717, 1.165) is 4.90 Å². The van der Waals surface area contributed by atoms with Crippen LogP contribution in [-0.2, 0) is 9.53 Å². The molecule has 30 heavy (non-hydrogen) atoms. The van der Waals surface area contributed by atoms with Crippen LogP contribution in [0, 0.1) is 11.3 Å². The number of aliphatic hydroxyl groups excluding tert-OH is 1. The van der Waals surface area contributed by atoms with Gasteiger partial charge < -0.3 is 14.8 Å². The van der Waals surface area contributed by atoms with Crippen LogP contribution in [0.1, 0.15) is 26.5 Å². The molecule has 2 N–H and O–H groups in total. The van der Waals surface area contributed by atoms with E-state index >= 15 is 0 Å². The van der Waals surface area contributed by atoms with E-state index in [-0.39, 0.29) is 22.5 Å². The number of imide groups is 1. The second kappa shape index (κ2) is 7.52. The number of aromatic amines is 1. The quantitative estimate of drug-likeness (QED) is 0.289. The van der Waals surface area contributed by atoms with Crippen LogP contribution in [0.5, 0.6) is 0 Å². The molecule has 148 valence electrons. The first-order valence-corrected chi connectivity index (χ1v) is 8.87. The van der Waals surface area contributed by atoms with Gasteiger partial charge in [0.2, 0.25) is 0 Å². The molecule has 0 spiro atoms. The second-order valence-corrected chi connectivity index (χ2v) is 6.44. The molecular weight excluding hydrogens is 388 g/mol. The molecule has 2 heterocycles. The molecule has 4 rings (SSSR count). The standard InChI is InChI=1S/C21H14N4O5/c22-9-14(19-23-15-7-3-4-8-16(15)24-19)17(26)11-30-18(27)10-25-20(28)12-5-1-2-6-13(12)21(25)29/h1-8,26H,10-11H2,(H,23,24). The molecule has 2 aromatic carbocycles. The Hall–Kier alpha value is -4.45. The van der Waals surface area contributed by atoms with E-state index < -0.39 is 36.7 Å². The fourth-order valence-corrected chi connectivity index (χ4v) is 3.10. The predicted octanol–water partition coefficient (Wildman–Crippen LogP) is 2.19. The fourth-order valence-electron chi connectivity index (χ4n) is 3.10. The first kappa shape index (κ1) is 18.9. The van der Waals surface area contributed by atoms with Crippen molar-refractivity contribution in [1.29, 1.82) is 5.26 Å². The Kier molecular flexibility index (Phi) is 4.74. The summed E-state index contributed by atoms with van der Waals surface area (Å²) in [6, 6.07) is 15.2. The summed E-state index contributed by atoms with van der Waals surface area (Å²) in [5.41, 5.74) is 1.54. The summed E-state index contributed by atoms with van der Waals surface area (Å²) in [6.07, 6.45) is 0. The molecule has 0 saturated heterocycles. The number of ether oxygens (including phenoxy) is 1. The number of aliphatic hydroxyl groups is 1. The van der Waals surface area contributed by atoms with Crippen molar-refractivity contribution in [3.63, 3.8) is 0 Å². The number of aromatic nitrogens is 2. The first-order valence-electron chi connectivity index (χ1n) is 8.87. The third-order valence-electron chi connectivity index (χ3n) is 4.56. The Balaban J connectivity index is 1.45. The largest absolute Gasteiger partial charge is 0.507 e. The molecular formula is C21H14N4O5. The maximum absolute atomic E-state index is 12.3. The summed E-state index contributed by atoms with van der Waals surface area (Å²) in [6.45, 7) is -1.21. The Morgan fingerprint density at radius 1 is 1.10 bits per heavy atom. The molecule has 0 unspecified atom stereocenters. The molecule has 0 radical (unpaired) electrons. The molecule has 9 nitrogen and oxygen atoms in total. The Morgan fingerprint density at radius 2 is 1.73 bits per heavy atom. The van der Waals surface area contributed by atoms with Crippen LogP contribution in [0.25, 0.3) is 16.6 Å². The predicted molar refractivity (Wildman–Crippen MR) is 104 cm³/mol. The number of allylic oxidation sites excluding steroid dienone is 1. The van der Waals surface area contributed by atoms with Crippen LogP contribution in [0.15, 0.2) is 54.3 Å². The highest BCUT2D eigenvalue weighted by Gasteiger charge is 2.36. The van der Waals surface area contributed by atoms with Crippen molar-refractivity contribution in [3.8, 4) is 6.07 Å². The molecule has 0 atom stereocenters. The lowest BCUT2D eigenvalue weighted by molar-refractivity contribution is -0.143. The van der Waals surface area contributed by atoms with Crippen molar-refractivity contribution >= 4 is 34.4 Å². The van der Waals surface area contributed by atoms with Crippen LogP contribution in [0.4, 0.5) is 0 Å². The van der Waals surface area contributed by atoms with Crippen LogP contribution in [-0.4, -0.2) is 50.9 Å². The first-order chi connectivity index (χ1) is 14.5. The third-order valence-corrected chi connectivity index (χ3v) is 4.56. The molecule has 2 amide bonds. The molecule has 1 aromatic heterocycles. The number of fused-ring (bicyclic) bond motifs is 2. The normalized spacial score (nSPS) is 13.8. The van der Waals surface area contributed by atoms with Gasteiger partial charge in [0.25, 0.3) is 11.8 Å². The van der Waals surface area contributed by atoms with Crippen molar-refractivity contribution in [1.82, 2.24) is 14.9 Å². The number of amides is 2. The van der Waals surface area contributed by atoms with Gasteiger partial charge in [-0.15, -0.1) is 0 Å². The second-order valence-electron chi connectivity index (χ2n) is 6.44. The summed E-state index contributed by atoms with van der Waals surface area (Å²) in [7, 11) is 0. The zero-order chi connectivity index (χ0) is 21.3. The van der Waals surface area contributed by atoms with Crippen molar-refractivity contribution in [2.24, 2.45) is 0 Å². The molecule has 3 aromatic rings. The van der Waals surface area contributed by atoms with Gasteiger partial charge in [0.1, 0.15) is 24.8 Å². The number of nitrogens with zero attached hydrogens (tertiary/aromatic N) is 3. The lowest BCUT2D eigenvalue weighted by atomic mass is 10.1. The van der Waals surface area contributed by atoms with Crippen LogP contribution in [0.2, 0.25) is 0 Å². The van der Waals surface area contributed by atoms with Crippen LogP contribution in [0.3, 0.4) is 0 Å². The van der Waals surface area contributed by atoms with Gasteiger partial charge in [-0.05, 0) is 24.3 Å². The van der Waals surface area contributed by atoms with Gasteiger partial charge in [0.15, 0.2) is 11.6 Å². The maximum atomic E-state index is 12.3. The number of rotatable bonds is 5. The minimum atomic E-state index is -0.905. The Morgan fingerprint density at radius 3 is 2.37 bits per heavy atom. The van der Waals surface area contributed by atoms with Crippen LogP contribution >= 0.6 is 0 Å². The average Bonchev–Trinajstić information content (AvgIpc) is 3.28. The van der Waals surface area contributed by atoms with Crippen LogP contribution < -0.4 is 0 Å². The number of para-hydroxylation sites is 2. The van der Waals surface area contributed by atoms with E-state index in [0.29, 0.717) is 11.0 Å². The van der Waals surface area contributed by atoms with Crippen molar-refractivity contribution < 1.29 is 24.2 Å². The summed E-state index contributed by atoms with van der Waals surface area (Å²) < 4.78 is 4.95. The van der Waals surface area contributed by atoms with E-state index in [1.165, 1.54) is 12.1 Å². The summed E-state index contributed by atoms with van der Waals surface area (Å²) in [4.78, 5) is 44.6. The number of carbonyl (C=O) groups is 3. The zero-order valence-corrected chi connectivity index (χ0v) is 15.5. The highest BCUT2D eigenvalue weighted by molar-refractivity contribution is 6.22. The number of hydrogen-bond donors (Lipinski definition) is 2. The minimum Gasteiger partial charge on any atom is -0.507 e. The number of carbonyl (C=O) groups excluding carboxylic acids is 3. The maximum Gasteiger partial charge on any atom is 0.326 e. The average molecular weight is 402 g/mol. The number of imidazole rings is 1. The monoisotopic (exact) mass is 402 g/mol. The Labute approximate surface area is 169 Å². The highest BCUT2D eigenvalue weighted by Crippen LogP contribution is 2.22. The SMILES string of the molecule is N#CC(=C(O)COC(=O)CN1C(=O)c2ccccc2C1=O)c1nc2ccccc2[nH]1. The van der Waals surface area contributed by atoms with Crippen molar-refractivity contribution in [2.45, 2.75) is 0 Å². The number of H-pyrrole nitrogens is 1. The van der Waals surface area contributed by atoms with Crippen molar-refractivity contribution in [3.05, 3.63) is 71.2 Å². The lowest BCUT2D eigenvalue weighted by Crippen LogP contribution is -2.35. The molecule has 0 saturated carbocycles. The van der Waals surface area contributed by atoms with Gasteiger partial charge in [-0.2, -0.15) is 5.26 Å².